The van der Waals surface area contributed by atoms with E-state index < -0.39 is 0 Å². The van der Waals surface area contributed by atoms with E-state index in [2.05, 4.69) is 4.98 Å². The van der Waals surface area contributed by atoms with E-state index in [4.69, 9.17) is 15.9 Å². The zero-order valence-electron chi connectivity index (χ0n) is 9.88. The van der Waals surface area contributed by atoms with Gasteiger partial charge in [-0.05, 0) is 24.3 Å². The first-order valence-electron chi connectivity index (χ1n) is 5.32. The van der Waals surface area contributed by atoms with Gasteiger partial charge >= 0.3 is 0 Å². The summed E-state index contributed by atoms with van der Waals surface area (Å²) in [5, 5.41) is 7.28. The van der Waals surface area contributed by atoms with E-state index in [1.165, 1.54) is 0 Å². The lowest BCUT2D eigenvalue weighted by molar-refractivity contribution is 0.405. The number of benzene rings is 1. The SMILES string of the molecule is COc1ccccc1Sc1ccc(C(=N)N)nc1. The van der Waals surface area contributed by atoms with Crippen molar-refractivity contribution in [1.29, 1.82) is 5.41 Å². The fourth-order valence-corrected chi connectivity index (χ4v) is 2.32. The van der Waals surface area contributed by atoms with Crippen LogP contribution in [0.25, 0.3) is 0 Å². The van der Waals surface area contributed by atoms with Crippen molar-refractivity contribution in [2.24, 2.45) is 5.73 Å². The highest BCUT2D eigenvalue weighted by molar-refractivity contribution is 7.99. The number of hydrogen-bond donors (Lipinski definition) is 2. The standard InChI is InChI=1S/C13H13N3OS/c1-17-11-4-2-3-5-12(11)18-9-6-7-10(13(14)15)16-8-9/h2-8H,1H3,(H3,14,15). The zero-order valence-corrected chi connectivity index (χ0v) is 10.7. The Morgan fingerprint density at radius 2 is 2.06 bits per heavy atom. The van der Waals surface area contributed by atoms with Gasteiger partial charge in [-0.1, -0.05) is 23.9 Å². The number of nitrogen functional groups attached to an aromatic ring is 1. The second-order valence-corrected chi connectivity index (χ2v) is 4.66. The molecule has 92 valence electrons. The molecule has 0 saturated heterocycles. The molecule has 0 saturated carbocycles. The van der Waals surface area contributed by atoms with E-state index >= 15 is 0 Å². The third kappa shape index (κ3) is 2.81. The Morgan fingerprint density at radius 3 is 2.67 bits per heavy atom. The number of nitrogens with two attached hydrogens (primary N) is 1. The Kier molecular flexibility index (Phi) is 3.84. The number of pyridine rings is 1. The molecule has 1 aromatic carbocycles. The quantitative estimate of drug-likeness (QED) is 0.653. The minimum absolute atomic E-state index is 0.0242. The molecule has 0 amide bonds. The van der Waals surface area contributed by atoms with Crippen molar-refractivity contribution in [3.63, 3.8) is 0 Å². The molecule has 1 aromatic heterocycles. The third-order valence-electron chi connectivity index (χ3n) is 2.31. The second kappa shape index (κ2) is 5.55. The smallest absolute Gasteiger partial charge is 0.141 e. The van der Waals surface area contributed by atoms with Crippen LogP contribution in [0, 0.1) is 5.41 Å². The molecule has 0 aliphatic rings. The number of amidine groups is 1. The first-order valence-corrected chi connectivity index (χ1v) is 6.13. The first-order chi connectivity index (χ1) is 8.70. The molecule has 0 atom stereocenters. The van der Waals surface area contributed by atoms with Crippen LogP contribution in [0.4, 0.5) is 0 Å². The van der Waals surface area contributed by atoms with Crippen LogP contribution in [-0.4, -0.2) is 17.9 Å². The molecule has 0 radical (unpaired) electrons. The summed E-state index contributed by atoms with van der Waals surface area (Å²) in [5.74, 6) is 0.807. The van der Waals surface area contributed by atoms with E-state index in [1.54, 1.807) is 31.1 Å². The van der Waals surface area contributed by atoms with Gasteiger partial charge in [-0.15, -0.1) is 0 Å². The van der Waals surface area contributed by atoms with Gasteiger partial charge in [-0.2, -0.15) is 0 Å². The van der Waals surface area contributed by atoms with E-state index in [-0.39, 0.29) is 5.84 Å². The van der Waals surface area contributed by atoms with Crippen LogP contribution in [0.5, 0.6) is 5.75 Å². The molecule has 0 aliphatic carbocycles. The molecule has 0 bridgehead atoms. The summed E-state index contributed by atoms with van der Waals surface area (Å²) >= 11 is 1.56. The van der Waals surface area contributed by atoms with E-state index in [9.17, 15) is 0 Å². The van der Waals surface area contributed by atoms with Crippen molar-refractivity contribution in [3.05, 3.63) is 48.3 Å². The van der Waals surface area contributed by atoms with Crippen LogP contribution in [0.1, 0.15) is 5.69 Å². The lowest BCUT2D eigenvalue weighted by Gasteiger charge is -2.07. The van der Waals surface area contributed by atoms with Gasteiger partial charge in [0.1, 0.15) is 17.3 Å². The van der Waals surface area contributed by atoms with Crippen molar-refractivity contribution in [2.75, 3.05) is 7.11 Å². The maximum Gasteiger partial charge on any atom is 0.141 e. The van der Waals surface area contributed by atoms with Gasteiger partial charge in [0.05, 0.1) is 12.0 Å². The molecule has 5 heteroatoms. The number of methoxy groups -OCH3 is 1. The predicted molar refractivity (Wildman–Crippen MR) is 72.4 cm³/mol. The average Bonchev–Trinajstić information content (AvgIpc) is 2.40. The van der Waals surface area contributed by atoms with Gasteiger partial charge in [0.2, 0.25) is 0 Å². The second-order valence-electron chi connectivity index (χ2n) is 3.55. The summed E-state index contributed by atoms with van der Waals surface area (Å²) in [6, 6.07) is 11.4. The van der Waals surface area contributed by atoms with Gasteiger partial charge in [0.15, 0.2) is 0 Å². The minimum Gasteiger partial charge on any atom is -0.496 e. The number of ether oxygens (including phenoxy) is 1. The van der Waals surface area contributed by atoms with Crippen molar-refractivity contribution >= 4 is 17.6 Å². The van der Waals surface area contributed by atoms with E-state index in [0.29, 0.717) is 5.69 Å². The Bertz CT molecular complexity index is 554. The van der Waals surface area contributed by atoms with Gasteiger partial charge < -0.3 is 10.5 Å². The number of nitrogens with one attached hydrogen (secondary N) is 1. The molecular formula is C13H13N3OS. The summed E-state index contributed by atoms with van der Waals surface area (Å²) in [4.78, 5) is 6.12. The summed E-state index contributed by atoms with van der Waals surface area (Å²) in [7, 11) is 1.65. The van der Waals surface area contributed by atoms with Gasteiger partial charge in [-0.3, -0.25) is 10.4 Å². The lowest BCUT2D eigenvalue weighted by atomic mass is 10.3. The molecule has 4 nitrogen and oxygen atoms in total. The maximum absolute atomic E-state index is 7.28. The van der Waals surface area contributed by atoms with Crippen LogP contribution in [0.2, 0.25) is 0 Å². The molecule has 3 N–H and O–H groups in total. The molecular weight excluding hydrogens is 246 g/mol. The van der Waals surface area contributed by atoms with Crippen molar-refractivity contribution < 1.29 is 4.74 Å². The highest BCUT2D eigenvalue weighted by Crippen LogP contribution is 2.34. The Balaban J connectivity index is 2.21. The first kappa shape index (κ1) is 12.4. The van der Waals surface area contributed by atoms with Crippen LogP contribution in [0.15, 0.2) is 52.4 Å². The van der Waals surface area contributed by atoms with Gasteiger partial charge in [-0.25, -0.2) is 0 Å². The Hall–Kier alpha value is -2.01. The van der Waals surface area contributed by atoms with Crippen LogP contribution in [-0.2, 0) is 0 Å². The molecule has 0 aliphatic heterocycles. The minimum atomic E-state index is -0.0242. The molecule has 0 spiro atoms. The number of para-hydroxylation sites is 1. The summed E-state index contributed by atoms with van der Waals surface area (Å²) in [6.45, 7) is 0. The molecule has 0 unspecified atom stereocenters. The summed E-state index contributed by atoms with van der Waals surface area (Å²) in [5.41, 5.74) is 5.84. The van der Waals surface area contributed by atoms with E-state index in [1.807, 2.05) is 30.3 Å². The van der Waals surface area contributed by atoms with Crippen LogP contribution >= 0.6 is 11.8 Å². The Labute approximate surface area is 110 Å². The largest absolute Gasteiger partial charge is 0.496 e. The van der Waals surface area contributed by atoms with Gasteiger partial charge in [0, 0.05) is 11.1 Å². The highest BCUT2D eigenvalue weighted by atomic mass is 32.2. The van der Waals surface area contributed by atoms with Gasteiger partial charge in [0.25, 0.3) is 0 Å². The van der Waals surface area contributed by atoms with Crippen molar-refractivity contribution in [2.45, 2.75) is 9.79 Å². The molecule has 2 rings (SSSR count). The maximum atomic E-state index is 7.28. The fraction of sp³-hybridized carbons (Fsp3) is 0.0769. The van der Waals surface area contributed by atoms with Crippen LogP contribution < -0.4 is 10.5 Å². The number of hydrogen-bond acceptors (Lipinski definition) is 4. The monoisotopic (exact) mass is 259 g/mol. The molecule has 1 heterocycles. The fourth-order valence-electron chi connectivity index (χ4n) is 1.43. The predicted octanol–water partition coefficient (Wildman–Crippen LogP) is 2.53. The normalized spacial score (nSPS) is 10.1. The molecule has 0 fully saturated rings. The number of rotatable bonds is 4. The number of nitrogens with zero attached hydrogens (tertiary/aromatic N) is 1. The number of aromatic nitrogens is 1. The van der Waals surface area contributed by atoms with Crippen molar-refractivity contribution in [3.8, 4) is 5.75 Å². The van der Waals surface area contributed by atoms with E-state index in [0.717, 1.165) is 15.5 Å². The lowest BCUT2D eigenvalue weighted by Crippen LogP contribution is -2.12. The third-order valence-corrected chi connectivity index (χ3v) is 3.34. The Morgan fingerprint density at radius 1 is 1.28 bits per heavy atom. The molecule has 18 heavy (non-hydrogen) atoms. The summed E-state index contributed by atoms with van der Waals surface area (Å²) in [6.07, 6.45) is 1.70. The highest BCUT2D eigenvalue weighted by Gasteiger charge is 2.05. The average molecular weight is 259 g/mol. The van der Waals surface area contributed by atoms with Crippen molar-refractivity contribution in [1.82, 2.24) is 4.98 Å². The topological polar surface area (TPSA) is 72.0 Å². The molecule has 2 aromatic rings. The summed E-state index contributed by atoms with van der Waals surface area (Å²) < 4.78 is 5.28. The zero-order chi connectivity index (χ0) is 13.0. The van der Waals surface area contributed by atoms with Crippen LogP contribution in [0.3, 0.4) is 0 Å².